The summed E-state index contributed by atoms with van der Waals surface area (Å²) in [6.07, 6.45) is 0.880. The number of anilines is 1. The van der Waals surface area contributed by atoms with Gasteiger partial charge in [0.2, 0.25) is 0 Å². The number of carbonyl (C=O) groups excluding carboxylic acids is 2. The molecule has 1 unspecified atom stereocenters. The second kappa shape index (κ2) is 8.66. The number of ether oxygens (including phenoxy) is 2. The van der Waals surface area contributed by atoms with Crippen LogP contribution in [0.1, 0.15) is 28.8 Å². The minimum atomic E-state index is -0.595. The Balaban J connectivity index is 1.65. The molecule has 0 saturated carbocycles. The molecule has 2 heterocycles. The molecule has 1 aliphatic heterocycles. The molecule has 0 saturated heterocycles. The van der Waals surface area contributed by atoms with Gasteiger partial charge in [0.1, 0.15) is 5.01 Å². The lowest BCUT2D eigenvalue weighted by molar-refractivity contribution is -0.121. The Morgan fingerprint density at radius 1 is 1.35 bits per heavy atom. The molecular weight excluding hydrogens is 372 g/mol. The molecule has 1 aromatic heterocycles. The molecule has 0 radical (unpaired) electrons. The smallest absolute Gasteiger partial charge is 0.358 e. The van der Waals surface area contributed by atoms with Crippen LogP contribution in [-0.2, 0) is 20.9 Å². The Hall–Kier alpha value is -1.90. The number of fused-ring (bicyclic) bond motifs is 1. The van der Waals surface area contributed by atoms with Crippen LogP contribution in [0.5, 0.6) is 0 Å². The van der Waals surface area contributed by atoms with Gasteiger partial charge in [0.15, 0.2) is 12.3 Å². The van der Waals surface area contributed by atoms with E-state index in [1.807, 2.05) is 24.3 Å². The van der Waals surface area contributed by atoms with Crippen molar-refractivity contribution in [2.24, 2.45) is 0 Å². The van der Waals surface area contributed by atoms with Gasteiger partial charge in [-0.25, -0.2) is 9.78 Å². The van der Waals surface area contributed by atoms with Gasteiger partial charge in [-0.15, -0.1) is 23.1 Å². The fraction of sp³-hybridized carbons (Fsp3) is 0.389. The molecular formula is C18H20N2O4S2. The van der Waals surface area contributed by atoms with Crippen LogP contribution in [0.15, 0.2) is 34.5 Å². The van der Waals surface area contributed by atoms with Gasteiger partial charge in [0, 0.05) is 29.2 Å². The number of amides is 1. The highest BCUT2D eigenvalue weighted by Crippen LogP contribution is 2.37. The molecule has 1 aliphatic rings. The summed E-state index contributed by atoms with van der Waals surface area (Å²) in [5.74, 6) is -0.823. The largest absolute Gasteiger partial charge is 0.451 e. The van der Waals surface area contributed by atoms with Crippen molar-refractivity contribution in [2.45, 2.75) is 30.1 Å². The molecule has 0 N–H and O–H groups in total. The van der Waals surface area contributed by atoms with Crippen LogP contribution in [0, 0.1) is 0 Å². The predicted octanol–water partition coefficient (Wildman–Crippen LogP) is 3.36. The zero-order valence-electron chi connectivity index (χ0n) is 14.6. The fourth-order valence-electron chi connectivity index (χ4n) is 2.62. The lowest BCUT2D eigenvalue weighted by Gasteiger charge is -2.22. The monoisotopic (exact) mass is 392 g/mol. The highest BCUT2D eigenvalue weighted by molar-refractivity contribution is 8.00. The normalized spacial score (nSPS) is 16.7. The summed E-state index contributed by atoms with van der Waals surface area (Å²) in [7, 11) is 1.57. The van der Waals surface area contributed by atoms with Crippen LogP contribution >= 0.6 is 23.1 Å². The van der Waals surface area contributed by atoms with E-state index in [1.54, 1.807) is 29.2 Å². The zero-order valence-corrected chi connectivity index (χ0v) is 16.3. The molecule has 0 spiro atoms. The number of benzene rings is 1. The minimum Gasteiger partial charge on any atom is -0.451 e. The Kier molecular flexibility index (Phi) is 6.29. The quantitative estimate of drug-likeness (QED) is 0.727. The van der Waals surface area contributed by atoms with Crippen molar-refractivity contribution in [1.82, 2.24) is 4.98 Å². The number of aromatic nitrogens is 1. The first-order chi connectivity index (χ1) is 12.6. The maximum atomic E-state index is 12.7. The van der Waals surface area contributed by atoms with E-state index in [0.29, 0.717) is 23.4 Å². The van der Waals surface area contributed by atoms with Gasteiger partial charge in [0.25, 0.3) is 5.91 Å². The third-order valence-corrected chi connectivity index (χ3v) is 5.96. The van der Waals surface area contributed by atoms with Crippen molar-refractivity contribution in [3.8, 4) is 0 Å². The number of thioether (sulfide) groups is 1. The standard InChI is InChI=1S/C18H20N2O4S2/c1-12-7-8-20(14-5-3-4-6-15(14)26-12)17(21)10-24-18(22)13-11-25-16(19-13)9-23-2/h3-6,11-12H,7-10H2,1-2H3. The number of rotatable bonds is 5. The van der Waals surface area contributed by atoms with E-state index in [2.05, 4.69) is 11.9 Å². The van der Waals surface area contributed by atoms with E-state index >= 15 is 0 Å². The molecule has 0 bridgehead atoms. The summed E-state index contributed by atoms with van der Waals surface area (Å²) in [6.45, 7) is 2.80. The molecule has 1 aromatic carbocycles. The number of hydrogen-bond donors (Lipinski definition) is 0. The molecule has 2 aromatic rings. The summed E-state index contributed by atoms with van der Waals surface area (Å²) in [4.78, 5) is 31.7. The SMILES string of the molecule is COCc1nc(C(=O)OCC(=O)N2CCC(C)Sc3ccccc32)cs1. The molecule has 138 valence electrons. The Bertz CT molecular complexity index is 793. The van der Waals surface area contributed by atoms with E-state index in [-0.39, 0.29) is 18.2 Å². The highest BCUT2D eigenvalue weighted by atomic mass is 32.2. The summed E-state index contributed by atoms with van der Waals surface area (Å²) < 4.78 is 10.2. The lowest BCUT2D eigenvalue weighted by atomic mass is 10.2. The lowest BCUT2D eigenvalue weighted by Crippen LogP contribution is -2.35. The molecule has 0 fully saturated rings. The average molecular weight is 393 g/mol. The second-order valence-electron chi connectivity index (χ2n) is 5.87. The first kappa shape index (κ1) is 18.9. The molecule has 0 aliphatic carbocycles. The first-order valence-electron chi connectivity index (χ1n) is 8.25. The topological polar surface area (TPSA) is 68.7 Å². The van der Waals surface area contributed by atoms with Crippen LogP contribution in [0.3, 0.4) is 0 Å². The van der Waals surface area contributed by atoms with Crippen LogP contribution in [0.4, 0.5) is 5.69 Å². The highest BCUT2D eigenvalue weighted by Gasteiger charge is 2.25. The second-order valence-corrected chi connectivity index (χ2v) is 8.29. The summed E-state index contributed by atoms with van der Waals surface area (Å²) in [5.41, 5.74) is 1.08. The van der Waals surface area contributed by atoms with Crippen LogP contribution in [-0.4, -0.2) is 42.4 Å². The Labute approximate surface area is 160 Å². The Morgan fingerprint density at radius 2 is 2.15 bits per heavy atom. The van der Waals surface area contributed by atoms with E-state index in [9.17, 15) is 9.59 Å². The number of para-hydroxylation sites is 1. The molecule has 6 nitrogen and oxygen atoms in total. The molecule has 3 rings (SSSR count). The van der Waals surface area contributed by atoms with E-state index in [0.717, 1.165) is 17.0 Å². The van der Waals surface area contributed by atoms with Crippen LogP contribution in [0.2, 0.25) is 0 Å². The van der Waals surface area contributed by atoms with E-state index in [1.165, 1.54) is 11.3 Å². The number of esters is 1. The summed E-state index contributed by atoms with van der Waals surface area (Å²) >= 11 is 3.08. The number of methoxy groups -OCH3 is 1. The average Bonchev–Trinajstić information content (AvgIpc) is 3.03. The molecule has 1 amide bonds. The van der Waals surface area contributed by atoms with Crippen molar-refractivity contribution in [2.75, 3.05) is 25.2 Å². The summed E-state index contributed by atoms with van der Waals surface area (Å²) in [6, 6.07) is 7.82. The number of thiazole rings is 1. The fourth-order valence-corrected chi connectivity index (χ4v) is 4.47. The molecule has 1 atom stereocenters. The number of nitrogens with zero attached hydrogens (tertiary/aromatic N) is 2. The predicted molar refractivity (Wildman–Crippen MR) is 102 cm³/mol. The Morgan fingerprint density at radius 3 is 2.96 bits per heavy atom. The van der Waals surface area contributed by atoms with Crippen molar-refractivity contribution in [3.63, 3.8) is 0 Å². The summed E-state index contributed by atoms with van der Waals surface area (Å²) in [5, 5.41) is 2.73. The van der Waals surface area contributed by atoms with Gasteiger partial charge in [-0.1, -0.05) is 19.1 Å². The van der Waals surface area contributed by atoms with Gasteiger partial charge < -0.3 is 14.4 Å². The zero-order chi connectivity index (χ0) is 18.5. The third kappa shape index (κ3) is 4.44. The van der Waals surface area contributed by atoms with Gasteiger partial charge in [0.05, 0.1) is 12.3 Å². The van der Waals surface area contributed by atoms with Crippen molar-refractivity contribution < 1.29 is 19.1 Å². The molecule has 8 heteroatoms. The van der Waals surface area contributed by atoms with Gasteiger partial charge in [-0.3, -0.25) is 4.79 Å². The molecule has 26 heavy (non-hydrogen) atoms. The van der Waals surface area contributed by atoms with Gasteiger partial charge in [-0.05, 0) is 18.6 Å². The van der Waals surface area contributed by atoms with Crippen LogP contribution < -0.4 is 4.90 Å². The van der Waals surface area contributed by atoms with E-state index < -0.39 is 5.97 Å². The maximum absolute atomic E-state index is 12.7. The van der Waals surface area contributed by atoms with Gasteiger partial charge in [-0.2, -0.15) is 0 Å². The number of carbonyl (C=O) groups is 2. The maximum Gasteiger partial charge on any atom is 0.358 e. The van der Waals surface area contributed by atoms with Gasteiger partial charge >= 0.3 is 5.97 Å². The third-order valence-electron chi connectivity index (χ3n) is 3.90. The first-order valence-corrected chi connectivity index (χ1v) is 10.0. The number of hydrogen-bond acceptors (Lipinski definition) is 7. The van der Waals surface area contributed by atoms with Crippen molar-refractivity contribution in [1.29, 1.82) is 0 Å². The van der Waals surface area contributed by atoms with E-state index in [4.69, 9.17) is 9.47 Å². The van der Waals surface area contributed by atoms with Crippen molar-refractivity contribution in [3.05, 3.63) is 40.3 Å². The van der Waals surface area contributed by atoms with Crippen molar-refractivity contribution >= 4 is 40.7 Å². The van der Waals surface area contributed by atoms with Crippen LogP contribution in [0.25, 0.3) is 0 Å². The minimum absolute atomic E-state index is 0.204.